The fourth-order valence-corrected chi connectivity index (χ4v) is 0.903. The lowest BCUT2D eigenvalue weighted by Crippen LogP contribution is -2.61. The van der Waals surface area contributed by atoms with Crippen molar-refractivity contribution in [3.05, 3.63) is 0 Å². The van der Waals surface area contributed by atoms with Crippen LogP contribution in [-0.2, 0) is 9.59 Å². The van der Waals surface area contributed by atoms with Gasteiger partial charge in [-0.15, -0.1) is 0 Å². The fourth-order valence-electron chi connectivity index (χ4n) is 0.903. The van der Waals surface area contributed by atoms with E-state index in [1.165, 1.54) is 6.92 Å². The van der Waals surface area contributed by atoms with E-state index < -0.39 is 17.7 Å². The summed E-state index contributed by atoms with van der Waals surface area (Å²) in [4.78, 5) is 21.0. The van der Waals surface area contributed by atoms with E-state index in [-0.39, 0.29) is 17.9 Å². The highest BCUT2D eigenvalue weighted by molar-refractivity contribution is 5.82. The Hall–Kier alpha value is -1.27. The number of carbonyl (C=O) groups is 2. The molecule has 1 unspecified atom stereocenters. The Kier molecular flexibility index (Phi) is 3.50. The molecule has 0 aliphatic carbocycles. The van der Waals surface area contributed by atoms with Crippen molar-refractivity contribution in [2.75, 3.05) is 6.54 Å². The monoisotopic (exact) mass is 213 g/mol. The van der Waals surface area contributed by atoms with Gasteiger partial charge in [-0.25, -0.2) is 4.79 Å². The first-order valence-electron chi connectivity index (χ1n) is 3.74. The van der Waals surface area contributed by atoms with Crippen LogP contribution >= 0.6 is 0 Å². The molecule has 1 atom stereocenters. The van der Waals surface area contributed by atoms with Crippen LogP contribution in [0.3, 0.4) is 0 Å². The molecule has 0 radical (unpaired) electrons. The highest BCUT2D eigenvalue weighted by Crippen LogP contribution is 2.34. The third-order valence-electron chi connectivity index (χ3n) is 2.01. The average Bonchev–Trinajstić information content (AvgIpc) is 2.03. The van der Waals surface area contributed by atoms with Crippen molar-refractivity contribution in [1.29, 1.82) is 0 Å². The highest BCUT2D eigenvalue weighted by Gasteiger charge is 2.60. The summed E-state index contributed by atoms with van der Waals surface area (Å²) in [6, 6.07) is 0. The molecule has 0 aliphatic rings. The summed E-state index contributed by atoms with van der Waals surface area (Å²) in [6.07, 6.45) is -5.13. The molecule has 14 heavy (non-hydrogen) atoms. The number of nitrogens with zero attached hydrogens (tertiary/aromatic N) is 1. The molecule has 0 aromatic heterocycles. The largest absolute Gasteiger partial charge is 0.479 e. The summed E-state index contributed by atoms with van der Waals surface area (Å²) < 4.78 is 37.2. The van der Waals surface area contributed by atoms with Crippen LogP contribution in [0.2, 0.25) is 0 Å². The minimum absolute atomic E-state index is 0.123. The Balaban J connectivity index is 5.29. The standard InChI is InChI=1S/C7H10F3NO3/c1-3-11(4-12)6(2,5(13)14)7(8,9)10/h4H,3H2,1-2H3,(H,13,14). The number of carboxylic acids is 1. The summed E-state index contributed by atoms with van der Waals surface area (Å²) in [6.45, 7) is 1.39. The van der Waals surface area contributed by atoms with Gasteiger partial charge in [0.15, 0.2) is 0 Å². The molecular formula is C7H10F3NO3. The fraction of sp³-hybridized carbons (Fsp3) is 0.714. The van der Waals surface area contributed by atoms with Crippen molar-refractivity contribution < 1.29 is 27.9 Å². The number of halogens is 3. The predicted molar refractivity (Wildman–Crippen MR) is 40.5 cm³/mol. The molecule has 0 aromatic carbocycles. The molecule has 0 aliphatic heterocycles. The zero-order valence-corrected chi connectivity index (χ0v) is 7.63. The van der Waals surface area contributed by atoms with Crippen molar-refractivity contribution >= 4 is 12.4 Å². The summed E-state index contributed by atoms with van der Waals surface area (Å²) in [7, 11) is 0. The molecule has 0 saturated heterocycles. The number of hydrogen-bond donors (Lipinski definition) is 1. The first-order chi connectivity index (χ1) is 6.21. The number of amides is 1. The Morgan fingerprint density at radius 3 is 2.00 bits per heavy atom. The number of rotatable bonds is 4. The zero-order valence-electron chi connectivity index (χ0n) is 7.63. The van der Waals surface area contributed by atoms with Gasteiger partial charge < -0.3 is 10.0 Å². The van der Waals surface area contributed by atoms with Crippen LogP contribution in [0.25, 0.3) is 0 Å². The lowest BCUT2D eigenvalue weighted by molar-refractivity contribution is -0.229. The molecule has 0 aromatic rings. The quantitative estimate of drug-likeness (QED) is 0.705. The minimum Gasteiger partial charge on any atom is -0.479 e. The van der Waals surface area contributed by atoms with Gasteiger partial charge in [0.2, 0.25) is 11.9 Å². The zero-order chi connectivity index (χ0) is 11.6. The van der Waals surface area contributed by atoms with Gasteiger partial charge in [-0.1, -0.05) is 0 Å². The molecule has 0 bridgehead atoms. The van der Waals surface area contributed by atoms with Crippen LogP contribution in [0.4, 0.5) is 13.2 Å². The van der Waals surface area contributed by atoms with Crippen molar-refractivity contribution in [2.24, 2.45) is 0 Å². The smallest absolute Gasteiger partial charge is 0.422 e. The van der Waals surface area contributed by atoms with Crippen molar-refractivity contribution in [2.45, 2.75) is 25.6 Å². The van der Waals surface area contributed by atoms with Gasteiger partial charge in [-0.2, -0.15) is 13.2 Å². The molecule has 0 spiro atoms. The van der Waals surface area contributed by atoms with Gasteiger partial charge in [0, 0.05) is 6.54 Å². The lowest BCUT2D eigenvalue weighted by Gasteiger charge is -2.35. The van der Waals surface area contributed by atoms with Crippen molar-refractivity contribution in [1.82, 2.24) is 4.90 Å². The van der Waals surface area contributed by atoms with Crippen LogP contribution in [0.1, 0.15) is 13.8 Å². The van der Waals surface area contributed by atoms with Crippen molar-refractivity contribution in [3.63, 3.8) is 0 Å². The van der Waals surface area contributed by atoms with Gasteiger partial charge >= 0.3 is 12.1 Å². The second-order valence-corrected chi connectivity index (χ2v) is 2.77. The summed E-state index contributed by atoms with van der Waals surface area (Å²) in [5.41, 5.74) is -3.16. The van der Waals surface area contributed by atoms with Gasteiger partial charge in [-0.3, -0.25) is 4.79 Å². The van der Waals surface area contributed by atoms with E-state index in [0.717, 1.165) is 0 Å². The maximum absolute atomic E-state index is 12.4. The van der Waals surface area contributed by atoms with Crippen LogP contribution in [0, 0.1) is 0 Å². The Labute approximate surface area is 78.3 Å². The van der Waals surface area contributed by atoms with E-state index in [4.69, 9.17) is 5.11 Å². The van der Waals surface area contributed by atoms with E-state index in [9.17, 15) is 22.8 Å². The number of carboxylic acid groups (broad SMARTS) is 1. The molecule has 0 heterocycles. The van der Waals surface area contributed by atoms with Gasteiger partial charge in [0.1, 0.15) is 0 Å². The number of hydrogen-bond acceptors (Lipinski definition) is 2. The molecule has 0 fully saturated rings. The van der Waals surface area contributed by atoms with Gasteiger partial charge in [0.25, 0.3) is 0 Å². The average molecular weight is 213 g/mol. The highest BCUT2D eigenvalue weighted by atomic mass is 19.4. The van der Waals surface area contributed by atoms with E-state index in [2.05, 4.69) is 0 Å². The Morgan fingerprint density at radius 1 is 1.50 bits per heavy atom. The Bertz CT molecular complexity index is 241. The maximum atomic E-state index is 12.4. The SMILES string of the molecule is CCN(C=O)C(C)(C(=O)O)C(F)(F)F. The molecule has 4 nitrogen and oxygen atoms in total. The normalized spacial score (nSPS) is 15.8. The van der Waals surface area contributed by atoms with E-state index >= 15 is 0 Å². The molecule has 7 heteroatoms. The van der Waals surface area contributed by atoms with Gasteiger partial charge in [0.05, 0.1) is 0 Å². The first-order valence-corrected chi connectivity index (χ1v) is 3.74. The topological polar surface area (TPSA) is 57.6 Å². The molecule has 1 amide bonds. The summed E-state index contributed by atoms with van der Waals surface area (Å²) in [5.74, 6) is -2.10. The molecule has 1 N–H and O–H groups in total. The number of alkyl halides is 3. The number of likely N-dealkylation sites (N-methyl/N-ethyl adjacent to an activating group) is 1. The third kappa shape index (κ3) is 1.80. The number of carbonyl (C=O) groups excluding carboxylic acids is 1. The number of aliphatic carboxylic acids is 1. The first kappa shape index (κ1) is 12.7. The summed E-state index contributed by atoms with van der Waals surface area (Å²) in [5, 5.41) is 8.48. The molecule has 0 saturated carbocycles. The van der Waals surface area contributed by atoms with E-state index in [0.29, 0.717) is 6.92 Å². The molecule has 82 valence electrons. The van der Waals surface area contributed by atoms with Crippen molar-refractivity contribution in [3.8, 4) is 0 Å². The van der Waals surface area contributed by atoms with Crippen LogP contribution in [-0.4, -0.2) is 40.6 Å². The minimum atomic E-state index is -5.00. The predicted octanol–water partition coefficient (Wildman–Crippen LogP) is 0.870. The van der Waals surface area contributed by atoms with Gasteiger partial charge in [-0.05, 0) is 13.8 Å². The van der Waals surface area contributed by atoms with Crippen LogP contribution in [0.5, 0.6) is 0 Å². The third-order valence-corrected chi connectivity index (χ3v) is 2.01. The van der Waals surface area contributed by atoms with Crippen LogP contribution < -0.4 is 0 Å². The lowest BCUT2D eigenvalue weighted by atomic mass is 10.00. The Morgan fingerprint density at radius 2 is 1.93 bits per heavy atom. The van der Waals surface area contributed by atoms with E-state index in [1.807, 2.05) is 0 Å². The second-order valence-electron chi connectivity index (χ2n) is 2.77. The molecular weight excluding hydrogens is 203 g/mol. The van der Waals surface area contributed by atoms with Crippen LogP contribution in [0.15, 0.2) is 0 Å². The second kappa shape index (κ2) is 3.85. The maximum Gasteiger partial charge on any atom is 0.422 e. The summed E-state index contributed by atoms with van der Waals surface area (Å²) >= 11 is 0. The van der Waals surface area contributed by atoms with E-state index in [1.54, 1.807) is 0 Å². The molecule has 0 rings (SSSR count).